The summed E-state index contributed by atoms with van der Waals surface area (Å²) in [5.41, 5.74) is 0.576. The van der Waals surface area contributed by atoms with Crippen molar-refractivity contribution in [3.05, 3.63) is 45.8 Å². The minimum atomic E-state index is -0.0981. The molecule has 5 heteroatoms. The second-order valence-electron chi connectivity index (χ2n) is 4.61. The van der Waals surface area contributed by atoms with Gasteiger partial charge in [0.05, 0.1) is 11.6 Å². The van der Waals surface area contributed by atoms with Gasteiger partial charge in [0, 0.05) is 22.5 Å². The van der Waals surface area contributed by atoms with Crippen LogP contribution in [0.1, 0.15) is 40.0 Å². The average Bonchev–Trinajstić information content (AvgIpc) is 2.86. The van der Waals surface area contributed by atoms with Gasteiger partial charge >= 0.3 is 0 Å². The molecule has 0 fully saturated rings. The van der Waals surface area contributed by atoms with E-state index in [9.17, 15) is 4.79 Å². The molecule has 1 unspecified atom stereocenters. The van der Waals surface area contributed by atoms with Crippen LogP contribution in [0.25, 0.3) is 0 Å². The second kappa shape index (κ2) is 6.52. The Morgan fingerprint density at radius 2 is 2.15 bits per heavy atom. The predicted molar refractivity (Wildman–Crippen MR) is 83.3 cm³/mol. The SMILES string of the molecule is CCNc1ccc(C(=O)NC(C)c2ccc(C)s2)cn1. The zero-order valence-corrected chi connectivity index (χ0v) is 12.8. The first-order valence-corrected chi connectivity index (χ1v) is 7.49. The molecule has 0 radical (unpaired) electrons. The van der Waals surface area contributed by atoms with Gasteiger partial charge in [0.1, 0.15) is 5.82 Å². The van der Waals surface area contributed by atoms with Gasteiger partial charge in [0.15, 0.2) is 0 Å². The van der Waals surface area contributed by atoms with Gasteiger partial charge in [0.25, 0.3) is 5.91 Å². The molecule has 20 heavy (non-hydrogen) atoms. The second-order valence-corrected chi connectivity index (χ2v) is 5.93. The molecule has 2 rings (SSSR count). The van der Waals surface area contributed by atoms with Crippen LogP contribution in [0.15, 0.2) is 30.5 Å². The van der Waals surface area contributed by atoms with Crippen LogP contribution in [-0.4, -0.2) is 17.4 Å². The van der Waals surface area contributed by atoms with Crippen molar-refractivity contribution in [1.29, 1.82) is 0 Å². The van der Waals surface area contributed by atoms with Crippen LogP contribution in [0.3, 0.4) is 0 Å². The number of hydrogen-bond donors (Lipinski definition) is 2. The Hall–Kier alpha value is -1.88. The highest BCUT2D eigenvalue weighted by Gasteiger charge is 2.13. The van der Waals surface area contributed by atoms with E-state index in [4.69, 9.17) is 0 Å². The van der Waals surface area contributed by atoms with Crippen LogP contribution in [0.2, 0.25) is 0 Å². The number of amides is 1. The van der Waals surface area contributed by atoms with Gasteiger partial charge in [0.2, 0.25) is 0 Å². The summed E-state index contributed by atoms with van der Waals surface area (Å²) >= 11 is 1.70. The number of rotatable bonds is 5. The fraction of sp³-hybridized carbons (Fsp3) is 0.333. The van der Waals surface area contributed by atoms with Gasteiger partial charge in [-0.15, -0.1) is 11.3 Å². The third kappa shape index (κ3) is 3.57. The summed E-state index contributed by atoms with van der Waals surface area (Å²) in [5, 5.41) is 6.09. The number of anilines is 1. The predicted octanol–water partition coefficient (Wildman–Crippen LogP) is 3.37. The molecule has 2 aromatic rings. The molecule has 0 saturated carbocycles. The van der Waals surface area contributed by atoms with Crippen molar-refractivity contribution in [2.24, 2.45) is 0 Å². The molecule has 1 amide bonds. The lowest BCUT2D eigenvalue weighted by molar-refractivity contribution is 0.0940. The van der Waals surface area contributed by atoms with E-state index < -0.39 is 0 Å². The number of pyridine rings is 1. The summed E-state index contributed by atoms with van der Waals surface area (Å²) in [6, 6.07) is 7.73. The van der Waals surface area contributed by atoms with E-state index >= 15 is 0 Å². The number of nitrogens with one attached hydrogen (secondary N) is 2. The highest BCUT2D eigenvalue weighted by atomic mass is 32.1. The number of nitrogens with zero attached hydrogens (tertiary/aromatic N) is 1. The lowest BCUT2D eigenvalue weighted by atomic mass is 10.2. The Balaban J connectivity index is 2.00. The van der Waals surface area contributed by atoms with Gasteiger partial charge in [-0.3, -0.25) is 4.79 Å². The molecular formula is C15H19N3OS. The molecule has 2 N–H and O–H groups in total. The molecule has 4 nitrogen and oxygen atoms in total. The van der Waals surface area contributed by atoms with E-state index in [1.807, 2.05) is 19.9 Å². The van der Waals surface area contributed by atoms with Gasteiger partial charge in [-0.05, 0) is 45.0 Å². The average molecular weight is 289 g/mol. The number of hydrogen-bond acceptors (Lipinski definition) is 4. The summed E-state index contributed by atoms with van der Waals surface area (Å²) in [4.78, 5) is 18.7. The first kappa shape index (κ1) is 14.5. The molecule has 0 saturated heterocycles. The van der Waals surface area contributed by atoms with Gasteiger partial charge in [-0.25, -0.2) is 4.98 Å². The summed E-state index contributed by atoms with van der Waals surface area (Å²) in [6.45, 7) is 6.87. The monoisotopic (exact) mass is 289 g/mol. The number of aromatic nitrogens is 1. The molecule has 0 aliphatic rings. The molecule has 0 spiro atoms. The van der Waals surface area contributed by atoms with Crippen LogP contribution in [0, 0.1) is 6.92 Å². The Kier molecular flexibility index (Phi) is 4.74. The topological polar surface area (TPSA) is 54.0 Å². The maximum absolute atomic E-state index is 12.1. The van der Waals surface area contributed by atoms with Crippen LogP contribution in [0.4, 0.5) is 5.82 Å². The summed E-state index contributed by atoms with van der Waals surface area (Å²) in [7, 11) is 0. The van der Waals surface area contributed by atoms with Crippen molar-refractivity contribution in [3.8, 4) is 0 Å². The van der Waals surface area contributed by atoms with Crippen molar-refractivity contribution in [3.63, 3.8) is 0 Å². The molecule has 2 aromatic heterocycles. The molecule has 0 aliphatic carbocycles. The van der Waals surface area contributed by atoms with E-state index in [0.29, 0.717) is 5.56 Å². The molecule has 0 bridgehead atoms. The van der Waals surface area contributed by atoms with E-state index in [0.717, 1.165) is 17.2 Å². The number of carbonyl (C=O) groups is 1. The molecule has 1 atom stereocenters. The molecular weight excluding hydrogens is 270 g/mol. The maximum atomic E-state index is 12.1. The van der Waals surface area contributed by atoms with E-state index in [2.05, 4.69) is 34.7 Å². The van der Waals surface area contributed by atoms with Crippen LogP contribution in [-0.2, 0) is 0 Å². The van der Waals surface area contributed by atoms with E-state index in [1.165, 1.54) is 4.88 Å². The maximum Gasteiger partial charge on any atom is 0.253 e. The number of aryl methyl sites for hydroxylation is 1. The fourth-order valence-electron chi connectivity index (χ4n) is 1.85. The number of thiophene rings is 1. The van der Waals surface area contributed by atoms with Gasteiger partial charge in [-0.1, -0.05) is 0 Å². The third-order valence-electron chi connectivity index (χ3n) is 2.92. The van der Waals surface area contributed by atoms with Gasteiger partial charge in [-0.2, -0.15) is 0 Å². The van der Waals surface area contributed by atoms with E-state index in [-0.39, 0.29) is 11.9 Å². The standard InChI is InChI=1S/C15H19N3OS/c1-4-16-14-8-6-12(9-17-14)15(19)18-11(3)13-7-5-10(2)20-13/h5-9,11H,4H2,1-3H3,(H,16,17)(H,18,19). The summed E-state index contributed by atoms with van der Waals surface area (Å²) < 4.78 is 0. The lowest BCUT2D eigenvalue weighted by Crippen LogP contribution is -2.26. The zero-order valence-electron chi connectivity index (χ0n) is 11.9. The Labute approximate surface area is 123 Å². The lowest BCUT2D eigenvalue weighted by Gasteiger charge is -2.12. The van der Waals surface area contributed by atoms with Crippen LogP contribution >= 0.6 is 11.3 Å². The smallest absolute Gasteiger partial charge is 0.253 e. The first-order valence-electron chi connectivity index (χ1n) is 6.67. The number of carbonyl (C=O) groups excluding carboxylic acids is 1. The summed E-state index contributed by atoms with van der Waals surface area (Å²) in [6.07, 6.45) is 1.60. The van der Waals surface area contributed by atoms with Crippen molar-refractivity contribution in [2.45, 2.75) is 26.8 Å². The Morgan fingerprint density at radius 1 is 1.35 bits per heavy atom. The zero-order chi connectivity index (χ0) is 14.5. The van der Waals surface area contributed by atoms with Crippen molar-refractivity contribution >= 4 is 23.1 Å². The summed E-state index contributed by atoms with van der Waals surface area (Å²) in [5.74, 6) is 0.685. The minimum Gasteiger partial charge on any atom is -0.370 e. The molecule has 0 aromatic carbocycles. The Bertz CT molecular complexity index is 577. The molecule has 106 valence electrons. The first-order chi connectivity index (χ1) is 9.60. The Morgan fingerprint density at radius 3 is 2.70 bits per heavy atom. The van der Waals surface area contributed by atoms with Crippen LogP contribution < -0.4 is 10.6 Å². The minimum absolute atomic E-state index is 0.00893. The normalized spacial score (nSPS) is 11.9. The van der Waals surface area contributed by atoms with Crippen molar-refractivity contribution in [1.82, 2.24) is 10.3 Å². The van der Waals surface area contributed by atoms with Gasteiger partial charge < -0.3 is 10.6 Å². The quantitative estimate of drug-likeness (QED) is 0.887. The molecule has 0 aliphatic heterocycles. The van der Waals surface area contributed by atoms with Crippen molar-refractivity contribution in [2.75, 3.05) is 11.9 Å². The highest BCUT2D eigenvalue weighted by Crippen LogP contribution is 2.22. The third-order valence-corrected chi connectivity index (χ3v) is 4.10. The molecule has 2 heterocycles. The van der Waals surface area contributed by atoms with Crippen molar-refractivity contribution < 1.29 is 4.79 Å². The van der Waals surface area contributed by atoms with E-state index in [1.54, 1.807) is 23.6 Å². The highest BCUT2D eigenvalue weighted by molar-refractivity contribution is 7.12. The largest absolute Gasteiger partial charge is 0.370 e. The van der Waals surface area contributed by atoms with Crippen LogP contribution in [0.5, 0.6) is 0 Å². The fourth-order valence-corrected chi connectivity index (χ4v) is 2.73.